The first-order valence-electron chi connectivity index (χ1n) is 7.90. The molecule has 0 bridgehead atoms. The highest BCUT2D eigenvalue weighted by Gasteiger charge is 2.26. The molecule has 2 aliphatic rings. The minimum absolute atomic E-state index is 0.00277. The Balaban J connectivity index is 1.75. The second kappa shape index (κ2) is 6.58. The van der Waals surface area contributed by atoms with Crippen LogP contribution in [0, 0.1) is 0 Å². The molecule has 0 aromatic carbocycles. The maximum atomic E-state index is 10.7. The van der Waals surface area contributed by atoms with Crippen LogP contribution < -0.4 is 11.1 Å². The van der Waals surface area contributed by atoms with Gasteiger partial charge in [0, 0.05) is 37.7 Å². The third kappa shape index (κ3) is 3.27. The van der Waals surface area contributed by atoms with Gasteiger partial charge in [-0.25, -0.2) is 4.98 Å². The average Bonchev–Trinajstić information content (AvgIpc) is 3.11. The Morgan fingerprint density at radius 2 is 2.24 bits per heavy atom. The van der Waals surface area contributed by atoms with E-state index < -0.39 is 5.91 Å². The molecule has 0 unspecified atom stereocenters. The number of hydrogen-bond acceptors (Lipinski definition) is 4. The summed E-state index contributed by atoms with van der Waals surface area (Å²) in [6.07, 6.45) is 6.11. The minimum Gasteiger partial charge on any atom is -0.370 e. The van der Waals surface area contributed by atoms with Crippen molar-refractivity contribution in [3.05, 3.63) is 17.2 Å². The van der Waals surface area contributed by atoms with Gasteiger partial charge < -0.3 is 20.4 Å². The van der Waals surface area contributed by atoms with Crippen molar-refractivity contribution in [3.63, 3.8) is 0 Å². The van der Waals surface area contributed by atoms with Crippen LogP contribution in [0.15, 0.2) is 0 Å². The summed E-state index contributed by atoms with van der Waals surface area (Å²) in [6.45, 7) is 3.15. The Bertz CT molecular complexity index is 506. The predicted octanol–water partition coefficient (Wildman–Crippen LogP) is 0.688. The second-order valence-corrected chi connectivity index (χ2v) is 5.94. The number of amides is 1. The van der Waals surface area contributed by atoms with E-state index in [0.29, 0.717) is 12.5 Å². The number of imidazole rings is 1. The summed E-state index contributed by atoms with van der Waals surface area (Å²) in [7, 11) is 0. The molecule has 1 aliphatic carbocycles. The van der Waals surface area contributed by atoms with Crippen LogP contribution in [-0.4, -0.2) is 35.2 Å². The Morgan fingerprint density at radius 1 is 1.43 bits per heavy atom. The first-order chi connectivity index (χ1) is 10.3. The molecular weight excluding hydrogens is 268 g/mol. The number of nitrogens with zero attached hydrogens (tertiary/aromatic N) is 2. The van der Waals surface area contributed by atoms with Gasteiger partial charge in [-0.2, -0.15) is 0 Å². The van der Waals surface area contributed by atoms with E-state index in [9.17, 15) is 4.79 Å². The number of aromatic nitrogens is 2. The second-order valence-electron chi connectivity index (χ2n) is 5.94. The highest BCUT2D eigenvalue weighted by molar-refractivity contribution is 5.74. The zero-order chi connectivity index (χ0) is 14.7. The number of carbonyl (C=O) groups excluding carboxylic acids is 1. The summed E-state index contributed by atoms with van der Waals surface area (Å²) in [6, 6.07) is 0. The molecule has 116 valence electrons. The van der Waals surface area contributed by atoms with Crippen LogP contribution in [0.5, 0.6) is 0 Å². The molecule has 21 heavy (non-hydrogen) atoms. The van der Waals surface area contributed by atoms with E-state index in [1.54, 1.807) is 0 Å². The summed E-state index contributed by atoms with van der Waals surface area (Å²) in [5.41, 5.74) is 7.64. The van der Waals surface area contributed by atoms with Gasteiger partial charge >= 0.3 is 0 Å². The molecule has 0 atom stereocenters. The summed E-state index contributed by atoms with van der Waals surface area (Å²) in [4.78, 5) is 15.6. The van der Waals surface area contributed by atoms with Crippen molar-refractivity contribution in [2.75, 3.05) is 19.8 Å². The minimum atomic E-state index is -0.414. The van der Waals surface area contributed by atoms with Crippen LogP contribution in [0.3, 0.4) is 0 Å². The molecule has 1 saturated carbocycles. The molecule has 3 N–H and O–H groups in total. The van der Waals surface area contributed by atoms with Gasteiger partial charge in [0.15, 0.2) is 0 Å². The Labute approximate surface area is 125 Å². The Kier molecular flexibility index (Phi) is 4.55. The van der Waals surface area contributed by atoms with Gasteiger partial charge in [-0.15, -0.1) is 0 Å². The van der Waals surface area contributed by atoms with Crippen molar-refractivity contribution in [2.24, 2.45) is 5.73 Å². The summed E-state index contributed by atoms with van der Waals surface area (Å²) in [5.74, 6) is 1.40. The van der Waals surface area contributed by atoms with Gasteiger partial charge in [0.1, 0.15) is 12.4 Å². The number of rotatable bonds is 6. The number of ether oxygens (including phenoxy) is 1. The van der Waals surface area contributed by atoms with Gasteiger partial charge in [0.2, 0.25) is 5.91 Å². The molecule has 2 heterocycles. The predicted molar refractivity (Wildman–Crippen MR) is 78.9 cm³/mol. The fraction of sp³-hybridized carbons (Fsp3) is 0.733. The van der Waals surface area contributed by atoms with Crippen molar-refractivity contribution in [1.82, 2.24) is 14.9 Å². The van der Waals surface area contributed by atoms with Gasteiger partial charge in [0.25, 0.3) is 0 Å². The first kappa shape index (κ1) is 14.5. The van der Waals surface area contributed by atoms with Crippen molar-refractivity contribution >= 4 is 5.91 Å². The maximum absolute atomic E-state index is 10.7. The van der Waals surface area contributed by atoms with E-state index in [-0.39, 0.29) is 6.61 Å². The Hall–Kier alpha value is -1.40. The number of carbonyl (C=O) groups is 1. The van der Waals surface area contributed by atoms with E-state index in [4.69, 9.17) is 15.5 Å². The number of nitrogens with two attached hydrogens (primary N) is 1. The topological polar surface area (TPSA) is 82.2 Å². The molecule has 1 aromatic rings. The fourth-order valence-electron chi connectivity index (χ4n) is 3.47. The molecule has 0 radical (unpaired) electrons. The van der Waals surface area contributed by atoms with Crippen LogP contribution in [-0.2, 0) is 29.0 Å². The molecule has 6 heteroatoms. The molecule has 1 fully saturated rings. The lowest BCUT2D eigenvalue weighted by Crippen LogP contribution is -2.26. The zero-order valence-corrected chi connectivity index (χ0v) is 12.4. The lowest BCUT2D eigenvalue weighted by molar-refractivity contribution is -0.122. The third-order valence-electron chi connectivity index (χ3n) is 4.44. The van der Waals surface area contributed by atoms with E-state index in [0.717, 1.165) is 26.1 Å². The van der Waals surface area contributed by atoms with Crippen LogP contribution in [0.2, 0.25) is 0 Å². The van der Waals surface area contributed by atoms with Gasteiger partial charge in [-0.3, -0.25) is 4.79 Å². The lowest BCUT2D eigenvalue weighted by atomic mass is 10.1. The maximum Gasteiger partial charge on any atom is 0.243 e. The zero-order valence-electron chi connectivity index (χ0n) is 12.4. The third-order valence-corrected chi connectivity index (χ3v) is 4.44. The van der Waals surface area contributed by atoms with Crippen LogP contribution >= 0.6 is 0 Å². The monoisotopic (exact) mass is 292 g/mol. The summed E-state index contributed by atoms with van der Waals surface area (Å²) < 4.78 is 7.68. The molecule has 6 nitrogen and oxygen atoms in total. The molecule has 0 saturated heterocycles. The van der Waals surface area contributed by atoms with Crippen molar-refractivity contribution in [3.8, 4) is 0 Å². The van der Waals surface area contributed by atoms with Crippen LogP contribution in [0.1, 0.15) is 48.8 Å². The molecule has 0 spiro atoms. The normalized spacial score (nSPS) is 18.9. The SMILES string of the molecule is NC(=O)COCCn1c(C2CCCC2)nc2c1CCNC2. The smallest absolute Gasteiger partial charge is 0.243 e. The quantitative estimate of drug-likeness (QED) is 0.756. The van der Waals surface area contributed by atoms with E-state index in [2.05, 4.69) is 9.88 Å². The van der Waals surface area contributed by atoms with Gasteiger partial charge in [0.05, 0.1) is 12.3 Å². The standard InChI is InChI=1S/C15H24N4O2/c16-14(20)10-21-8-7-19-13-5-6-17-9-12(13)18-15(19)11-3-1-2-4-11/h11,17H,1-10H2,(H2,16,20). The van der Waals surface area contributed by atoms with Crippen LogP contribution in [0.25, 0.3) is 0 Å². The number of fused-ring (bicyclic) bond motifs is 1. The largest absolute Gasteiger partial charge is 0.370 e. The van der Waals surface area contributed by atoms with E-state index in [1.165, 1.54) is 42.9 Å². The average molecular weight is 292 g/mol. The number of nitrogens with one attached hydrogen (secondary N) is 1. The van der Waals surface area contributed by atoms with Crippen LogP contribution in [0.4, 0.5) is 0 Å². The van der Waals surface area contributed by atoms with Crippen molar-refractivity contribution < 1.29 is 9.53 Å². The molecule has 1 amide bonds. The molecule has 3 rings (SSSR count). The number of hydrogen-bond donors (Lipinski definition) is 2. The lowest BCUT2D eigenvalue weighted by Gasteiger charge is -2.17. The molecular formula is C15H24N4O2. The van der Waals surface area contributed by atoms with E-state index in [1.807, 2.05) is 0 Å². The van der Waals surface area contributed by atoms with E-state index >= 15 is 0 Å². The fourth-order valence-corrected chi connectivity index (χ4v) is 3.47. The highest BCUT2D eigenvalue weighted by atomic mass is 16.5. The van der Waals surface area contributed by atoms with Gasteiger partial charge in [-0.05, 0) is 12.8 Å². The molecule has 1 aromatic heterocycles. The summed E-state index contributed by atoms with van der Waals surface area (Å²) in [5, 5.41) is 3.39. The molecule has 1 aliphatic heterocycles. The van der Waals surface area contributed by atoms with Crippen molar-refractivity contribution in [1.29, 1.82) is 0 Å². The van der Waals surface area contributed by atoms with Crippen molar-refractivity contribution in [2.45, 2.75) is 51.1 Å². The Morgan fingerprint density at radius 3 is 3.00 bits per heavy atom. The highest BCUT2D eigenvalue weighted by Crippen LogP contribution is 2.35. The first-order valence-corrected chi connectivity index (χ1v) is 7.90. The number of primary amides is 1. The van der Waals surface area contributed by atoms with Gasteiger partial charge in [-0.1, -0.05) is 12.8 Å². The summed E-state index contributed by atoms with van der Waals surface area (Å²) >= 11 is 0.